The fraction of sp³-hybridized carbons (Fsp3) is 0.200. The number of nitrogens with one attached hydrogen (secondary N) is 2. The number of halogens is 4. The second-order valence-electron chi connectivity index (χ2n) is 6.69. The number of hydrogen-bond acceptors (Lipinski definition) is 5. The molecule has 3 aromatic rings. The molecule has 12 heteroatoms. The van der Waals surface area contributed by atoms with E-state index in [1.165, 1.54) is 24.3 Å². The first-order valence-corrected chi connectivity index (χ1v) is 11.3. The minimum atomic E-state index is -0.564. The van der Waals surface area contributed by atoms with Gasteiger partial charge in [0.2, 0.25) is 5.91 Å². The van der Waals surface area contributed by atoms with Gasteiger partial charge in [0.15, 0.2) is 11.0 Å². The topological polar surface area (TPSA) is 88.9 Å². The van der Waals surface area contributed by atoms with Crippen LogP contribution in [0.15, 0.2) is 41.6 Å². The molecule has 1 atom stereocenters. The van der Waals surface area contributed by atoms with E-state index in [9.17, 15) is 14.0 Å². The van der Waals surface area contributed by atoms with E-state index in [0.29, 0.717) is 27.3 Å². The van der Waals surface area contributed by atoms with Crippen LogP contribution in [0.2, 0.25) is 15.1 Å². The first kappa shape index (κ1) is 24.3. The lowest BCUT2D eigenvalue weighted by molar-refractivity contribution is -0.113. The molecular formula is C20H17Cl3FN5O2S. The van der Waals surface area contributed by atoms with Crippen molar-refractivity contribution in [1.29, 1.82) is 0 Å². The van der Waals surface area contributed by atoms with Gasteiger partial charge in [-0.1, -0.05) is 46.6 Å². The van der Waals surface area contributed by atoms with Gasteiger partial charge in [-0.15, -0.1) is 10.2 Å². The van der Waals surface area contributed by atoms with Crippen LogP contribution < -0.4 is 10.6 Å². The van der Waals surface area contributed by atoms with E-state index in [2.05, 4.69) is 20.8 Å². The van der Waals surface area contributed by atoms with Crippen LogP contribution in [0.25, 0.3) is 0 Å². The van der Waals surface area contributed by atoms with Crippen molar-refractivity contribution >= 4 is 64.1 Å². The highest BCUT2D eigenvalue weighted by Gasteiger charge is 2.19. The third kappa shape index (κ3) is 5.92. The average Bonchev–Trinajstić information content (AvgIpc) is 3.11. The van der Waals surface area contributed by atoms with Crippen LogP contribution in [-0.2, 0) is 11.8 Å². The minimum Gasteiger partial charge on any atom is -0.342 e. The van der Waals surface area contributed by atoms with Crippen molar-refractivity contribution in [2.24, 2.45) is 7.05 Å². The molecule has 2 amide bonds. The zero-order valence-corrected chi connectivity index (χ0v) is 19.9. The lowest BCUT2D eigenvalue weighted by Gasteiger charge is -2.14. The molecule has 2 N–H and O–H groups in total. The number of carbonyl (C=O) groups excluding carboxylic acids is 2. The van der Waals surface area contributed by atoms with Crippen LogP contribution in [0.1, 0.15) is 29.1 Å². The Morgan fingerprint density at radius 1 is 1.09 bits per heavy atom. The molecule has 0 unspecified atom stereocenters. The van der Waals surface area contributed by atoms with Crippen molar-refractivity contribution in [3.8, 4) is 0 Å². The molecular weight excluding hydrogens is 500 g/mol. The number of aromatic nitrogens is 3. The summed E-state index contributed by atoms with van der Waals surface area (Å²) in [5.41, 5.74) is 0.750. The van der Waals surface area contributed by atoms with Gasteiger partial charge < -0.3 is 15.2 Å². The first-order chi connectivity index (χ1) is 15.2. The zero-order chi connectivity index (χ0) is 23.4. The van der Waals surface area contributed by atoms with Gasteiger partial charge in [-0.25, -0.2) is 4.39 Å². The molecule has 0 radical (unpaired) electrons. The second kappa shape index (κ2) is 10.5. The highest BCUT2D eigenvalue weighted by atomic mass is 35.5. The van der Waals surface area contributed by atoms with Gasteiger partial charge >= 0.3 is 0 Å². The zero-order valence-electron chi connectivity index (χ0n) is 16.8. The van der Waals surface area contributed by atoms with Crippen LogP contribution in [0.3, 0.4) is 0 Å². The summed E-state index contributed by atoms with van der Waals surface area (Å²) in [6.45, 7) is 1.76. The number of anilines is 1. The van der Waals surface area contributed by atoms with E-state index in [1.54, 1.807) is 30.7 Å². The normalized spacial score (nSPS) is 11.8. The second-order valence-corrected chi connectivity index (χ2v) is 8.85. The number of hydrogen-bond donors (Lipinski definition) is 2. The standard InChI is InChI=1S/C20H17Cl3FN5O2S/c1-10(25-19(31)11-3-5-13(21)14(22)7-11)18-27-28-20(29(18)2)32-9-17(30)26-12-4-6-16(24)15(23)8-12/h3-8,10H,9H2,1-2H3,(H,25,31)(H,26,30)/t10-/m1/s1. The molecule has 0 spiro atoms. The summed E-state index contributed by atoms with van der Waals surface area (Å²) in [5.74, 6) is -0.670. The molecule has 1 heterocycles. The maximum atomic E-state index is 13.2. The van der Waals surface area contributed by atoms with E-state index >= 15 is 0 Å². The van der Waals surface area contributed by atoms with Gasteiger partial charge in [-0.3, -0.25) is 9.59 Å². The molecule has 0 saturated heterocycles. The third-order valence-corrected chi connectivity index (χ3v) is 6.37. The SMILES string of the molecule is C[C@@H](NC(=O)c1ccc(Cl)c(Cl)c1)c1nnc(SCC(=O)Nc2ccc(F)c(Cl)c2)n1C. The van der Waals surface area contributed by atoms with Crippen molar-refractivity contribution < 1.29 is 14.0 Å². The lowest BCUT2D eigenvalue weighted by Crippen LogP contribution is -2.28. The molecule has 2 aromatic carbocycles. The number of rotatable bonds is 7. The minimum absolute atomic E-state index is 0.0466. The van der Waals surface area contributed by atoms with Crippen molar-refractivity contribution in [2.45, 2.75) is 18.1 Å². The summed E-state index contributed by atoms with van der Waals surface area (Å²) in [6, 6.07) is 8.07. The summed E-state index contributed by atoms with van der Waals surface area (Å²) in [4.78, 5) is 24.7. The smallest absolute Gasteiger partial charge is 0.251 e. The van der Waals surface area contributed by atoms with Gasteiger partial charge in [-0.2, -0.15) is 0 Å². The van der Waals surface area contributed by atoms with Crippen molar-refractivity contribution in [1.82, 2.24) is 20.1 Å². The van der Waals surface area contributed by atoms with Crippen LogP contribution >= 0.6 is 46.6 Å². The van der Waals surface area contributed by atoms with E-state index in [4.69, 9.17) is 34.8 Å². The van der Waals surface area contributed by atoms with Crippen LogP contribution in [0.4, 0.5) is 10.1 Å². The Morgan fingerprint density at radius 2 is 1.84 bits per heavy atom. The molecule has 0 aliphatic rings. The molecule has 168 valence electrons. The fourth-order valence-electron chi connectivity index (χ4n) is 2.71. The van der Waals surface area contributed by atoms with Crippen LogP contribution in [0, 0.1) is 5.82 Å². The molecule has 7 nitrogen and oxygen atoms in total. The van der Waals surface area contributed by atoms with Gasteiger partial charge in [0.25, 0.3) is 5.91 Å². The molecule has 0 aliphatic heterocycles. The lowest BCUT2D eigenvalue weighted by atomic mass is 10.2. The maximum absolute atomic E-state index is 13.2. The Labute approximate surface area is 202 Å². The van der Waals surface area contributed by atoms with Crippen LogP contribution in [-0.4, -0.2) is 32.3 Å². The predicted molar refractivity (Wildman–Crippen MR) is 124 cm³/mol. The summed E-state index contributed by atoms with van der Waals surface area (Å²) in [5, 5.41) is 14.7. The summed E-state index contributed by atoms with van der Waals surface area (Å²) in [7, 11) is 1.73. The van der Waals surface area contributed by atoms with E-state index in [1.807, 2.05) is 0 Å². The highest BCUT2D eigenvalue weighted by Crippen LogP contribution is 2.24. The number of amides is 2. The molecule has 0 aliphatic carbocycles. The van der Waals surface area contributed by atoms with E-state index in [-0.39, 0.29) is 27.6 Å². The van der Waals surface area contributed by atoms with Gasteiger partial charge in [0.1, 0.15) is 5.82 Å². The maximum Gasteiger partial charge on any atom is 0.251 e. The quantitative estimate of drug-likeness (QED) is 0.425. The molecule has 3 rings (SSSR count). The van der Waals surface area contributed by atoms with Crippen LogP contribution in [0.5, 0.6) is 0 Å². The number of benzene rings is 2. The van der Waals surface area contributed by atoms with Gasteiger partial charge in [0, 0.05) is 18.3 Å². The summed E-state index contributed by atoms with van der Waals surface area (Å²) >= 11 is 18.7. The highest BCUT2D eigenvalue weighted by molar-refractivity contribution is 7.99. The Kier molecular flexibility index (Phi) is 8.00. The Bertz CT molecular complexity index is 1170. The van der Waals surface area contributed by atoms with Gasteiger partial charge in [-0.05, 0) is 43.3 Å². The Balaban J connectivity index is 1.59. The number of thioether (sulfide) groups is 1. The number of carbonyl (C=O) groups is 2. The molecule has 0 saturated carbocycles. The Hall–Kier alpha value is -2.33. The monoisotopic (exact) mass is 515 g/mol. The van der Waals surface area contributed by atoms with E-state index in [0.717, 1.165) is 11.8 Å². The first-order valence-electron chi connectivity index (χ1n) is 9.18. The average molecular weight is 517 g/mol. The third-order valence-electron chi connectivity index (χ3n) is 4.32. The molecule has 0 fully saturated rings. The van der Waals surface area contributed by atoms with Gasteiger partial charge in [0.05, 0.1) is 26.9 Å². The molecule has 1 aromatic heterocycles. The largest absolute Gasteiger partial charge is 0.342 e. The van der Waals surface area contributed by atoms with Crippen molar-refractivity contribution in [2.75, 3.05) is 11.1 Å². The Morgan fingerprint density at radius 3 is 2.53 bits per heavy atom. The van der Waals surface area contributed by atoms with Crippen molar-refractivity contribution in [3.63, 3.8) is 0 Å². The van der Waals surface area contributed by atoms with E-state index < -0.39 is 11.9 Å². The summed E-state index contributed by atoms with van der Waals surface area (Å²) < 4.78 is 14.9. The fourth-order valence-corrected chi connectivity index (χ4v) is 3.91. The van der Waals surface area contributed by atoms with Crippen molar-refractivity contribution in [3.05, 3.63) is 68.7 Å². The summed E-state index contributed by atoms with van der Waals surface area (Å²) in [6.07, 6.45) is 0. The predicted octanol–water partition coefficient (Wildman–Crippen LogP) is 5.14. The molecule has 0 bridgehead atoms. The number of nitrogens with zero attached hydrogens (tertiary/aromatic N) is 3. The molecule has 32 heavy (non-hydrogen) atoms.